The van der Waals surface area contributed by atoms with Gasteiger partial charge >= 0.3 is 6.16 Å². The van der Waals surface area contributed by atoms with Gasteiger partial charge in [-0.2, -0.15) is 0 Å². The van der Waals surface area contributed by atoms with Gasteiger partial charge < -0.3 is 20.1 Å². The first-order valence-electron chi connectivity index (χ1n) is 9.37. The molecule has 2 aliphatic heterocycles. The molecule has 4 heterocycles. The second-order valence-electron chi connectivity index (χ2n) is 7.35. The summed E-state index contributed by atoms with van der Waals surface area (Å²) in [5, 5.41) is 11.9. The molecule has 160 valence electrons. The Morgan fingerprint density at radius 2 is 2.07 bits per heavy atom. The fourth-order valence-corrected chi connectivity index (χ4v) is 5.93. The van der Waals surface area contributed by atoms with Crippen molar-refractivity contribution in [3.05, 3.63) is 42.7 Å². The van der Waals surface area contributed by atoms with Gasteiger partial charge in [0, 0.05) is 30.9 Å². The number of fused-ring (bicyclic) bond motifs is 1. The molecule has 4 rings (SSSR count). The van der Waals surface area contributed by atoms with E-state index in [1.807, 2.05) is 13.1 Å². The standard InChI is InChI=1S/C19H20ClN3O5S2/c1-22-5-4-10-6-13(29-14(10)9-22)18(25)23-8-11(7-16(23)28-19(26)27)21-17(24)12-2-3-15(20)30-12/h2-3,6,11,16H,4-5,7-9H2,1H3,(H,21,24)(H,26,27)/t11-,16+/m1/s1. The van der Waals surface area contributed by atoms with Crippen LogP contribution >= 0.6 is 34.3 Å². The number of carboxylic acid groups (broad SMARTS) is 1. The van der Waals surface area contributed by atoms with Crippen molar-refractivity contribution >= 4 is 52.2 Å². The summed E-state index contributed by atoms with van der Waals surface area (Å²) in [6, 6.07) is 4.73. The van der Waals surface area contributed by atoms with Gasteiger partial charge in [-0.25, -0.2) is 4.79 Å². The Bertz CT molecular complexity index is 991. The fourth-order valence-electron chi connectivity index (χ4n) is 3.73. The third kappa shape index (κ3) is 4.46. The first-order valence-corrected chi connectivity index (χ1v) is 11.4. The van der Waals surface area contributed by atoms with Crippen LogP contribution in [-0.2, 0) is 17.7 Å². The zero-order chi connectivity index (χ0) is 21.4. The zero-order valence-corrected chi connectivity index (χ0v) is 18.5. The Balaban J connectivity index is 1.49. The lowest BCUT2D eigenvalue weighted by Gasteiger charge is -2.22. The zero-order valence-electron chi connectivity index (χ0n) is 16.1. The van der Waals surface area contributed by atoms with Crippen LogP contribution in [0.2, 0.25) is 4.34 Å². The van der Waals surface area contributed by atoms with Gasteiger partial charge in [0.2, 0.25) is 0 Å². The molecule has 1 fully saturated rings. The minimum Gasteiger partial charge on any atom is -0.450 e. The van der Waals surface area contributed by atoms with E-state index in [-0.39, 0.29) is 24.8 Å². The number of likely N-dealkylation sites (tertiary alicyclic amines) is 1. The summed E-state index contributed by atoms with van der Waals surface area (Å²) < 4.78 is 5.46. The topological polar surface area (TPSA) is 99.2 Å². The van der Waals surface area contributed by atoms with Gasteiger partial charge in [0.05, 0.1) is 20.1 Å². The van der Waals surface area contributed by atoms with Gasteiger partial charge in [-0.1, -0.05) is 11.6 Å². The number of carbonyl (C=O) groups excluding carboxylic acids is 2. The lowest BCUT2D eigenvalue weighted by molar-refractivity contribution is -0.00689. The van der Waals surface area contributed by atoms with Crippen LogP contribution in [0, 0.1) is 0 Å². The van der Waals surface area contributed by atoms with Crippen molar-refractivity contribution in [2.45, 2.75) is 31.7 Å². The van der Waals surface area contributed by atoms with Crippen molar-refractivity contribution in [3.63, 3.8) is 0 Å². The molecular weight excluding hydrogens is 450 g/mol. The molecule has 11 heteroatoms. The molecule has 2 amide bonds. The summed E-state index contributed by atoms with van der Waals surface area (Å²) in [4.78, 5) is 42.5. The molecule has 1 saturated heterocycles. The van der Waals surface area contributed by atoms with Crippen molar-refractivity contribution in [1.29, 1.82) is 0 Å². The van der Waals surface area contributed by atoms with Crippen LogP contribution in [0.5, 0.6) is 0 Å². The lowest BCUT2D eigenvalue weighted by atomic mass is 10.1. The Labute approximate surface area is 186 Å². The molecule has 0 radical (unpaired) electrons. The second kappa shape index (κ2) is 8.54. The maximum Gasteiger partial charge on any atom is 0.507 e. The molecule has 0 aliphatic carbocycles. The Hall–Kier alpha value is -2.14. The van der Waals surface area contributed by atoms with Crippen LogP contribution < -0.4 is 5.32 Å². The third-order valence-corrected chi connectivity index (χ3v) is 7.54. The van der Waals surface area contributed by atoms with Gasteiger partial charge in [-0.3, -0.25) is 14.5 Å². The van der Waals surface area contributed by atoms with E-state index in [9.17, 15) is 14.4 Å². The number of thiophene rings is 2. The number of carbonyl (C=O) groups is 3. The van der Waals surface area contributed by atoms with Crippen LogP contribution in [0.25, 0.3) is 0 Å². The van der Waals surface area contributed by atoms with Gasteiger partial charge in [0.15, 0.2) is 6.23 Å². The van der Waals surface area contributed by atoms with E-state index in [1.165, 1.54) is 16.2 Å². The molecule has 2 aromatic rings. The number of ether oxygens (including phenoxy) is 1. The summed E-state index contributed by atoms with van der Waals surface area (Å²) in [5.74, 6) is -0.589. The van der Waals surface area contributed by atoms with Crippen molar-refractivity contribution in [2.75, 3.05) is 20.1 Å². The van der Waals surface area contributed by atoms with E-state index in [0.717, 1.165) is 41.3 Å². The van der Waals surface area contributed by atoms with E-state index < -0.39 is 18.4 Å². The number of amides is 2. The molecule has 2 N–H and O–H groups in total. The number of halogens is 1. The molecule has 0 unspecified atom stereocenters. The average molecular weight is 470 g/mol. The lowest BCUT2D eigenvalue weighted by Crippen LogP contribution is -2.40. The molecular formula is C19H20ClN3O5S2. The van der Waals surface area contributed by atoms with Crippen molar-refractivity contribution < 1.29 is 24.2 Å². The number of rotatable bonds is 4. The van der Waals surface area contributed by atoms with Crippen LogP contribution in [0.4, 0.5) is 4.79 Å². The SMILES string of the molecule is CN1CCc2cc(C(=O)N3C[C@H](NC(=O)c4ccc(Cl)s4)C[C@@H]3OC(=O)O)sc2C1. The summed E-state index contributed by atoms with van der Waals surface area (Å²) in [6.45, 7) is 1.90. The highest BCUT2D eigenvalue weighted by atomic mass is 35.5. The first kappa shape index (κ1) is 21.1. The maximum absolute atomic E-state index is 13.2. The molecule has 2 aliphatic rings. The van der Waals surface area contributed by atoms with Gasteiger partial charge in [0.25, 0.3) is 11.8 Å². The number of hydrogen-bond acceptors (Lipinski definition) is 7. The number of nitrogens with zero attached hydrogens (tertiary/aromatic N) is 2. The second-order valence-corrected chi connectivity index (χ2v) is 10.2. The quantitative estimate of drug-likeness (QED) is 0.667. The highest BCUT2D eigenvalue weighted by molar-refractivity contribution is 7.18. The van der Waals surface area contributed by atoms with Crippen LogP contribution in [0.3, 0.4) is 0 Å². The van der Waals surface area contributed by atoms with Crippen molar-refractivity contribution in [1.82, 2.24) is 15.1 Å². The average Bonchev–Trinajstić information content (AvgIpc) is 3.38. The molecule has 30 heavy (non-hydrogen) atoms. The predicted molar refractivity (Wildman–Crippen MR) is 113 cm³/mol. The fraction of sp³-hybridized carbons (Fsp3) is 0.421. The molecule has 0 bridgehead atoms. The number of likely N-dealkylation sites (N-methyl/N-ethyl adjacent to an activating group) is 1. The molecule has 8 nitrogen and oxygen atoms in total. The Morgan fingerprint density at radius 1 is 1.27 bits per heavy atom. The third-order valence-electron chi connectivity index (χ3n) is 5.16. The highest BCUT2D eigenvalue weighted by Gasteiger charge is 2.40. The number of nitrogens with one attached hydrogen (secondary N) is 1. The smallest absolute Gasteiger partial charge is 0.450 e. The molecule has 2 aromatic heterocycles. The van der Waals surface area contributed by atoms with Crippen LogP contribution in [0.1, 0.15) is 36.2 Å². The van der Waals surface area contributed by atoms with E-state index >= 15 is 0 Å². The minimum absolute atomic E-state index is 0.171. The minimum atomic E-state index is -1.46. The maximum atomic E-state index is 13.2. The van der Waals surface area contributed by atoms with Gasteiger partial charge in [-0.15, -0.1) is 22.7 Å². The Morgan fingerprint density at radius 3 is 2.77 bits per heavy atom. The predicted octanol–water partition coefficient (Wildman–Crippen LogP) is 3.12. The first-order chi connectivity index (χ1) is 14.3. The van der Waals surface area contributed by atoms with E-state index in [2.05, 4.69) is 10.2 Å². The summed E-state index contributed by atoms with van der Waals surface area (Å²) >= 11 is 8.47. The molecule has 0 aromatic carbocycles. The summed E-state index contributed by atoms with van der Waals surface area (Å²) in [6.07, 6.45) is -1.33. The number of hydrogen-bond donors (Lipinski definition) is 2. The largest absolute Gasteiger partial charge is 0.507 e. The monoisotopic (exact) mass is 469 g/mol. The van der Waals surface area contributed by atoms with Gasteiger partial charge in [0.1, 0.15) is 0 Å². The van der Waals surface area contributed by atoms with Crippen LogP contribution in [-0.4, -0.2) is 65.3 Å². The Kier molecular flexibility index (Phi) is 6.01. The molecule has 2 atom stereocenters. The summed E-state index contributed by atoms with van der Waals surface area (Å²) in [5.41, 5.74) is 1.16. The highest BCUT2D eigenvalue weighted by Crippen LogP contribution is 2.31. The van der Waals surface area contributed by atoms with Crippen molar-refractivity contribution in [2.24, 2.45) is 0 Å². The molecule has 0 saturated carbocycles. The van der Waals surface area contributed by atoms with Gasteiger partial charge in [-0.05, 0) is 37.2 Å². The van der Waals surface area contributed by atoms with Crippen molar-refractivity contribution in [3.8, 4) is 0 Å². The molecule has 0 spiro atoms. The van der Waals surface area contributed by atoms with E-state index in [4.69, 9.17) is 21.4 Å². The van der Waals surface area contributed by atoms with E-state index in [1.54, 1.807) is 12.1 Å². The van der Waals surface area contributed by atoms with E-state index in [0.29, 0.717) is 14.1 Å². The normalized spacial score (nSPS) is 21.3. The van der Waals surface area contributed by atoms with Crippen LogP contribution in [0.15, 0.2) is 18.2 Å². The summed E-state index contributed by atoms with van der Waals surface area (Å²) in [7, 11) is 2.04.